The van der Waals surface area contributed by atoms with Gasteiger partial charge in [0, 0.05) is 19.7 Å². The molecule has 0 aliphatic carbocycles. The maximum Gasteiger partial charge on any atom is 0.272 e. The number of anilines is 1. The molecule has 0 aliphatic heterocycles. The molecule has 6 heteroatoms. The van der Waals surface area contributed by atoms with Crippen LogP contribution in [0.1, 0.15) is 19.8 Å². The van der Waals surface area contributed by atoms with E-state index in [9.17, 15) is 14.5 Å². The second-order valence-electron chi connectivity index (χ2n) is 4.79. The number of nitro benzene ring substituents is 1. The summed E-state index contributed by atoms with van der Waals surface area (Å²) in [4.78, 5) is 11.7. The minimum Gasteiger partial charge on any atom is -0.372 e. The number of benzene rings is 1. The minimum atomic E-state index is -0.601. The molecular formula is C13H20FN3O2. The van der Waals surface area contributed by atoms with Gasteiger partial charge in [0.15, 0.2) is 5.82 Å². The average Bonchev–Trinajstić information content (AvgIpc) is 2.36. The molecule has 1 unspecified atom stereocenters. The zero-order valence-corrected chi connectivity index (χ0v) is 11.3. The first-order valence-corrected chi connectivity index (χ1v) is 6.30. The Morgan fingerprint density at radius 1 is 1.47 bits per heavy atom. The predicted octanol–water partition coefficient (Wildman–Crippen LogP) is 2.55. The van der Waals surface area contributed by atoms with Gasteiger partial charge in [0.1, 0.15) is 0 Å². The maximum absolute atomic E-state index is 13.8. The van der Waals surface area contributed by atoms with Crippen molar-refractivity contribution in [2.24, 2.45) is 11.7 Å². The lowest BCUT2D eigenvalue weighted by Gasteiger charge is -2.21. The van der Waals surface area contributed by atoms with Crippen LogP contribution in [0.4, 0.5) is 15.8 Å². The molecule has 0 aromatic heterocycles. The van der Waals surface area contributed by atoms with Crippen molar-refractivity contribution in [3.05, 3.63) is 34.1 Å². The lowest BCUT2D eigenvalue weighted by Crippen LogP contribution is -2.22. The van der Waals surface area contributed by atoms with E-state index in [4.69, 9.17) is 5.73 Å². The SMILES string of the molecule is CC(CCN)CCN(C)c1ccc([N+](=O)[O-])cc1F. The first-order chi connectivity index (χ1) is 8.95. The lowest BCUT2D eigenvalue weighted by atomic mass is 10.0. The van der Waals surface area contributed by atoms with Crippen LogP contribution in [0, 0.1) is 21.8 Å². The van der Waals surface area contributed by atoms with Gasteiger partial charge in [0.25, 0.3) is 5.69 Å². The van der Waals surface area contributed by atoms with Gasteiger partial charge < -0.3 is 10.6 Å². The molecule has 2 N–H and O–H groups in total. The monoisotopic (exact) mass is 269 g/mol. The van der Waals surface area contributed by atoms with Crippen molar-refractivity contribution >= 4 is 11.4 Å². The van der Waals surface area contributed by atoms with Gasteiger partial charge in [0.2, 0.25) is 0 Å². The van der Waals surface area contributed by atoms with E-state index in [-0.39, 0.29) is 5.69 Å². The maximum atomic E-state index is 13.8. The average molecular weight is 269 g/mol. The molecular weight excluding hydrogens is 249 g/mol. The molecule has 5 nitrogen and oxygen atoms in total. The largest absolute Gasteiger partial charge is 0.372 e. The van der Waals surface area contributed by atoms with Gasteiger partial charge in [-0.1, -0.05) is 6.92 Å². The van der Waals surface area contributed by atoms with Crippen molar-refractivity contribution < 1.29 is 9.31 Å². The van der Waals surface area contributed by atoms with E-state index in [0.29, 0.717) is 24.7 Å². The third-order valence-corrected chi connectivity index (χ3v) is 3.17. The highest BCUT2D eigenvalue weighted by molar-refractivity contribution is 5.51. The summed E-state index contributed by atoms with van der Waals surface area (Å²) in [5, 5.41) is 10.5. The molecule has 1 aromatic rings. The smallest absolute Gasteiger partial charge is 0.272 e. The first kappa shape index (κ1) is 15.4. The molecule has 0 fully saturated rings. The van der Waals surface area contributed by atoms with Crippen molar-refractivity contribution in [2.45, 2.75) is 19.8 Å². The van der Waals surface area contributed by atoms with E-state index in [1.54, 1.807) is 11.9 Å². The van der Waals surface area contributed by atoms with Crippen LogP contribution in [0.15, 0.2) is 18.2 Å². The summed E-state index contributed by atoms with van der Waals surface area (Å²) >= 11 is 0. The van der Waals surface area contributed by atoms with Crippen molar-refractivity contribution in [2.75, 3.05) is 25.0 Å². The highest BCUT2D eigenvalue weighted by atomic mass is 19.1. The van der Waals surface area contributed by atoms with Crippen LogP contribution in [0.5, 0.6) is 0 Å². The number of halogens is 1. The lowest BCUT2D eigenvalue weighted by molar-refractivity contribution is -0.385. The van der Waals surface area contributed by atoms with Crippen LogP contribution < -0.4 is 10.6 Å². The molecule has 0 radical (unpaired) electrons. The Labute approximate surface area is 112 Å². The van der Waals surface area contributed by atoms with Gasteiger partial charge in [-0.15, -0.1) is 0 Å². The van der Waals surface area contributed by atoms with E-state index in [2.05, 4.69) is 6.92 Å². The molecule has 106 valence electrons. The molecule has 1 atom stereocenters. The Balaban J connectivity index is 2.67. The van der Waals surface area contributed by atoms with Crippen LogP contribution >= 0.6 is 0 Å². The standard InChI is InChI=1S/C13H20FN3O2/c1-10(5-7-15)6-8-16(2)13-4-3-11(17(18)19)9-12(13)14/h3-4,9-10H,5-8,15H2,1-2H3. The Hall–Kier alpha value is -1.69. The predicted molar refractivity (Wildman–Crippen MR) is 73.8 cm³/mol. The molecule has 0 amide bonds. The van der Waals surface area contributed by atoms with E-state index < -0.39 is 10.7 Å². The van der Waals surface area contributed by atoms with E-state index in [1.807, 2.05) is 0 Å². The highest BCUT2D eigenvalue weighted by Crippen LogP contribution is 2.23. The summed E-state index contributed by atoms with van der Waals surface area (Å²) in [5.74, 6) is -0.0864. The van der Waals surface area contributed by atoms with Crippen LogP contribution in [-0.2, 0) is 0 Å². The number of nitrogens with zero attached hydrogens (tertiary/aromatic N) is 2. The van der Waals surface area contributed by atoms with Crippen molar-refractivity contribution in [3.63, 3.8) is 0 Å². The number of hydrogen-bond donors (Lipinski definition) is 1. The quantitative estimate of drug-likeness (QED) is 0.610. The summed E-state index contributed by atoms with van der Waals surface area (Å²) < 4.78 is 13.8. The first-order valence-electron chi connectivity index (χ1n) is 6.30. The summed E-state index contributed by atoms with van der Waals surface area (Å²) in [6.45, 7) is 3.44. The Bertz CT molecular complexity index is 440. The fraction of sp³-hybridized carbons (Fsp3) is 0.538. The van der Waals surface area contributed by atoms with Gasteiger partial charge in [0.05, 0.1) is 16.7 Å². The molecule has 0 saturated heterocycles. The third-order valence-electron chi connectivity index (χ3n) is 3.17. The number of rotatable bonds is 7. The van der Waals surface area contributed by atoms with Crippen molar-refractivity contribution in [3.8, 4) is 0 Å². The van der Waals surface area contributed by atoms with E-state index in [0.717, 1.165) is 18.9 Å². The zero-order valence-electron chi connectivity index (χ0n) is 11.3. The number of nitrogens with two attached hydrogens (primary N) is 1. The molecule has 0 heterocycles. The molecule has 0 saturated carbocycles. The number of non-ortho nitro benzene ring substituents is 1. The third kappa shape index (κ3) is 4.48. The van der Waals surface area contributed by atoms with Crippen LogP contribution in [0.25, 0.3) is 0 Å². The Kier molecular flexibility index (Phi) is 5.69. The van der Waals surface area contributed by atoms with Gasteiger partial charge in [-0.25, -0.2) is 4.39 Å². The summed E-state index contributed by atoms with van der Waals surface area (Å²) in [5.41, 5.74) is 5.63. The minimum absolute atomic E-state index is 0.230. The van der Waals surface area contributed by atoms with Gasteiger partial charge >= 0.3 is 0 Å². The van der Waals surface area contributed by atoms with Crippen LogP contribution in [0.3, 0.4) is 0 Å². The van der Waals surface area contributed by atoms with Crippen molar-refractivity contribution in [1.82, 2.24) is 0 Å². The number of hydrogen-bond acceptors (Lipinski definition) is 4. The van der Waals surface area contributed by atoms with E-state index >= 15 is 0 Å². The Morgan fingerprint density at radius 2 is 2.16 bits per heavy atom. The second kappa shape index (κ2) is 7.04. The van der Waals surface area contributed by atoms with E-state index in [1.165, 1.54) is 12.1 Å². The van der Waals surface area contributed by atoms with Gasteiger partial charge in [-0.05, 0) is 31.4 Å². The summed E-state index contributed by atoms with van der Waals surface area (Å²) in [7, 11) is 1.78. The fourth-order valence-electron chi connectivity index (χ4n) is 1.88. The summed E-state index contributed by atoms with van der Waals surface area (Å²) in [6.07, 6.45) is 1.85. The topological polar surface area (TPSA) is 72.4 Å². The van der Waals surface area contributed by atoms with Gasteiger partial charge in [-0.2, -0.15) is 0 Å². The molecule has 0 bridgehead atoms. The molecule has 1 aromatic carbocycles. The zero-order chi connectivity index (χ0) is 14.4. The van der Waals surface area contributed by atoms with Crippen molar-refractivity contribution in [1.29, 1.82) is 0 Å². The molecule has 1 rings (SSSR count). The summed E-state index contributed by atoms with van der Waals surface area (Å²) in [6, 6.07) is 3.72. The fourth-order valence-corrected chi connectivity index (χ4v) is 1.88. The number of nitro groups is 1. The molecule has 0 spiro atoms. The van der Waals surface area contributed by atoms with Gasteiger partial charge in [-0.3, -0.25) is 10.1 Å². The van der Waals surface area contributed by atoms with Crippen LogP contribution in [0.2, 0.25) is 0 Å². The normalized spacial score (nSPS) is 12.2. The highest BCUT2D eigenvalue weighted by Gasteiger charge is 2.14. The molecule has 0 aliphatic rings. The van der Waals surface area contributed by atoms with Crippen LogP contribution in [-0.4, -0.2) is 25.1 Å². The molecule has 19 heavy (non-hydrogen) atoms. The Morgan fingerprint density at radius 3 is 2.68 bits per heavy atom. The second-order valence-corrected chi connectivity index (χ2v) is 4.79.